The maximum absolute atomic E-state index is 12.2. The molecule has 2 atom stereocenters. The van der Waals surface area contributed by atoms with E-state index in [-0.39, 0.29) is 23.5 Å². The summed E-state index contributed by atoms with van der Waals surface area (Å²) in [7, 11) is 0. The smallest absolute Gasteiger partial charge is 0.226 e. The highest BCUT2D eigenvalue weighted by Crippen LogP contribution is 2.41. The van der Waals surface area contributed by atoms with Crippen LogP contribution in [0.5, 0.6) is 0 Å². The number of carbonyl (C=O) groups is 1. The van der Waals surface area contributed by atoms with E-state index in [9.17, 15) is 9.90 Å². The van der Waals surface area contributed by atoms with Crippen molar-refractivity contribution in [2.24, 2.45) is 5.41 Å². The van der Waals surface area contributed by atoms with Crippen LogP contribution in [0, 0.1) is 5.41 Å². The van der Waals surface area contributed by atoms with Crippen molar-refractivity contribution in [2.45, 2.75) is 71.4 Å². The van der Waals surface area contributed by atoms with Gasteiger partial charge in [0.25, 0.3) is 0 Å². The molecule has 0 aromatic carbocycles. The molecule has 0 aliphatic heterocycles. The molecule has 16 heavy (non-hydrogen) atoms. The fourth-order valence-corrected chi connectivity index (χ4v) is 2.74. The molecule has 0 saturated heterocycles. The van der Waals surface area contributed by atoms with Gasteiger partial charge in [-0.15, -0.1) is 0 Å². The summed E-state index contributed by atoms with van der Waals surface area (Å²) >= 11 is 0. The molecule has 0 bridgehead atoms. The summed E-state index contributed by atoms with van der Waals surface area (Å²) in [5, 5.41) is 12.3. The van der Waals surface area contributed by atoms with Crippen LogP contribution in [0.3, 0.4) is 0 Å². The van der Waals surface area contributed by atoms with Crippen molar-refractivity contribution in [3.8, 4) is 0 Å². The van der Waals surface area contributed by atoms with E-state index in [4.69, 9.17) is 0 Å². The second-order valence-electron chi connectivity index (χ2n) is 5.30. The van der Waals surface area contributed by atoms with Gasteiger partial charge in [-0.1, -0.05) is 19.8 Å². The summed E-state index contributed by atoms with van der Waals surface area (Å²) in [4.78, 5) is 12.2. The standard InChI is InChI=1S/C13H25NO2/c1-4-13(7-5-6-8-13)12(16)14-10(2)9-11(3)15/h10-11,15H,4-9H2,1-3H3,(H,14,16). The summed E-state index contributed by atoms with van der Waals surface area (Å²) in [6, 6.07) is 0.0662. The van der Waals surface area contributed by atoms with Gasteiger partial charge in [-0.25, -0.2) is 0 Å². The number of aliphatic hydroxyl groups excluding tert-OH is 1. The molecule has 3 nitrogen and oxygen atoms in total. The van der Waals surface area contributed by atoms with Gasteiger partial charge in [0.2, 0.25) is 5.91 Å². The molecule has 0 spiro atoms. The van der Waals surface area contributed by atoms with E-state index in [2.05, 4.69) is 12.2 Å². The lowest BCUT2D eigenvalue weighted by atomic mass is 9.82. The van der Waals surface area contributed by atoms with Crippen molar-refractivity contribution >= 4 is 5.91 Å². The Morgan fingerprint density at radius 3 is 2.38 bits per heavy atom. The normalized spacial score (nSPS) is 22.8. The van der Waals surface area contributed by atoms with E-state index in [1.165, 1.54) is 12.8 Å². The molecule has 2 unspecified atom stereocenters. The predicted octanol–water partition coefficient (Wildman–Crippen LogP) is 2.23. The van der Waals surface area contributed by atoms with Crippen LogP contribution in [-0.2, 0) is 4.79 Å². The molecule has 1 fully saturated rings. The number of rotatable bonds is 5. The molecule has 1 aliphatic carbocycles. The minimum Gasteiger partial charge on any atom is -0.393 e. The summed E-state index contributed by atoms with van der Waals surface area (Å²) in [6.07, 6.45) is 5.61. The zero-order valence-electron chi connectivity index (χ0n) is 10.8. The van der Waals surface area contributed by atoms with Gasteiger partial charge in [-0.3, -0.25) is 4.79 Å². The van der Waals surface area contributed by atoms with Gasteiger partial charge >= 0.3 is 0 Å². The van der Waals surface area contributed by atoms with Crippen molar-refractivity contribution in [3.63, 3.8) is 0 Å². The largest absolute Gasteiger partial charge is 0.393 e. The van der Waals surface area contributed by atoms with E-state index in [1.54, 1.807) is 6.92 Å². The van der Waals surface area contributed by atoms with E-state index < -0.39 is 0 Å². The Hall–Kier alpha value is -0.570. The van der Waals surface area contributed by atoms with Crippen LogP contribution in [0.15, 0.2) is 0 Å². The van der Waals surface area contributed by atoms with Gasteiger partial charge in [0, 0.05) is 11.5 Å². The first kappa shape index (κ1) is 13.5. The van der Waals surface area contributed by atoms with Gasteiger partial charge < -0.3 is 10.4 Å². The molecule has 1 saturated carbocycles. The van der Waals surface area contributed by atoms with Crippen LogP contribution < -0.4 is 5.32 Å². The Labute approximate surface area is 98.6 Å². The van der Waals surface area contributed by atoms with Crippen molar-refractivity contribution in [3.05, 3.63) is 0 Å². The van der Waals surface area contributed by atoms with Crippen LogP contribution in [-0.4, -0.2) is 23.2 Å². The van der Waals surface area contributed by atoms with Crippen molar-refractivity contribution in [2.75, 3.05) is 0 Å². The van der Waals surface area contributed by atoms with E-state index >= 15 is 0 Å². The molecule has 2 N–H and O–H groups in total. The molecule has 3 heteroatoms. The summed E-state index contributed by atoms with van der Waals surface area (Å²) in [5.41, 5.74) is -0.118. The van der Waals surface area contributed by atoms with Crippen molar-refractivity contribution < 1.29 is 9.90 Å². The second-order valence-corrected chi connectivity index (χ2v) is 5.30. The maximum atomic E-state index is 12.2. The van der Waals surface area contributed by atoms with Gasteiger partial charge in [0.05, 0.1) is 6.10 Å². The van der Waals surface area contributed by atoms with Crippen molar-refractivity contribution in [1.29, 1.82) is 0 Å². The maximum Gasteiger partial charge on any atom is 0.226 e. The Morgan fingerprint density at radius 2 is 1.94 bits per heavy atom. The summed E-state index contributed by atoms with van der Waals surface area (Å²) < 4.78 is 0. The molecule has 0 aromatic rings. The molecule has 94 valence electrons. The number of hydrogen-bond donors (Lipinski definition) is 2. The minimum absolute atomic E-state index is 0.0662. The number of carbonyl (C=O) groups excluding carboxylic acids is 1. The minimum atomic E-state index is -0.351. The average molecular weight is 227 g/mol. The first-order valence-corrected chi connectivity index (χ1v) is 6.49. The highest BCUT2D eigenvalue weighted by molar-refractivity contribution is 5.83. The van der Waals surface area contributed by atoms with Gasteiger partial charge in [0.15, 0.2) is 0 Å². The lowest BCUT2D eigenvalue weighted by molar-refractivity contribution is -0.131. The Bertz CT molecular complexity index is 232. The van der Waals surface area contributed by atoms with Crippen LogP contribution in [0.2, 0.25) is 0 Å². The zero-order valence-corrected chi connectivity index (χ0v) is 10.8. The first-order valence-electron chi connectivity index (χ1n) is 6.49. The second kappa shape index (κ2) is 5.67. The third kappa shape index (κ3) is 3.21. The van der Waals surface area contributed by atoms with Crippen LogP contribution in [0.1, 0.15) is 59.3 Å². The molecular formula is C13H25NO2. The third-order valence-corrected chi connectivity index (χ3v) is 3.79. The summed E-state index contributed by atoms with van der Waals surface area (Å²) in [5.74, 6) is 0.195. The van der Waals surface area contributed by atoms with Crippen LogP contribution in [0.25, 0.3) is 0 Å². The quantitative estimate of drug-likeness (QED) is 0.756. The molecule has 0 aromatic heterocycles. The van der Waals surface area contributed by atoms with Crippen molar-refractivity contribution in [1.82, 2.24) is 5.32 Å². The van der Waals surface area contributed by atoms with E-state index in [0.29, 0.717) is 6.42 Å². The van der Waals surface area contributed by atoms with Crippen LogP contribution >= 0.6 is 0 Å². The predicted molar refractivity (Wildman–Crippen MR) is 65.1 cm³/mol. The highest BCUT2D eigenvalue weighted by Gasteiger charge is 2.39. The lowest BCUT2D eigenvalue weighted by Crippen LogP contribution is -2.44. The zero-order chi connectivity index (χ0) is 12.2. The Morgan fingerprint density at radius 1 is 1.38 bits per heavy atom. The first-order chi connectivity index (χ1) is 7.50. The van der Waals surface area contributed by atoms with Crippen LogP contribution in [0.4, 0.5) is 0 Å². The fourth-order valence-electron chi connectivity index (χ4n) is 2.74. The molecule has 1 amide bonds. The highest BCUT2D eigenvalue weighted by atomic mass is 16.3. The van der Waals surface area contributed by atoms with Gasteiger partial charge in [0.1, 0.15) is 0 Å². The van der Waals surface area contributed by atoms with Gasteiger partial charge in [-0.2, -0.15) is 0 Å². The van der Waals surface area contributed by atoms with Gasteiger partial charge in [-0.05, 0) is 39.5 Å². The number of amides is 1. The monoisotopic (exact) mass is 227 g/mol. The fraction of sp³-hybridized carbons (Fsp3) is 0.923. The SMILES string of the molecule is CCC1(C(=O)NC(C)CC(C)O)CCCC1. The number of hydrogen-bond acceptors (Lipinski definition) is 2. The Balaban J connectivity index is 2.50. The molecule has 1 rings (SSSR count). The Kier molecular flexibility index (Phi) is 4.78. The lowest BCUT2D eigenvalue weighted by Gasteiger charge is -2.28. The molecule has 0 heterocycles. The number of nitrogens with one attached hydrogen (secondary N) is 1. The molecular weight excluding hydrogens is 202 g/mol. The van der Waals surface area contributed by atoms with E-state index in [0.717, 1.165) is 19.3 Å². The third-order valence-electron chi connectivity index (χ3n) is 3.79. The van der Waals surface area contributed by atoms with E-state index in [1.807, 2.05) is 6.92 Å². The molecule has 1 aliphatic rings. The summed E-state index contributed by atoms with van der Waals surface area (Å²) in [6.45, 7) is 5.82. The number of aliphatic hydroxyl groups is 1. The topological polar surface area (TPSA) is 49.3 Å². The molecule has 0 radical (unpaired) electrons. The average Bonchev–Trinajstić information content (AvgIpc) is 2.65.